The summed E-state index contributed by atoms with van der Waals surface area (Å²) in [4.78, 5) is 14.8. The molecule has 3 rings (SSSR count). The number of amides is 2. The van der Waals surface area contributed by atoms with Crippen molar-refractivity contribution in [1.82, 2.24) is 15.5 Å². The van der Waals surface area contributed by atoms with Crippen molar-refractivity contribution in [2.75, 3.05) is 11.9 Å². The number of hydrogen-bond acceptors (Lipinski definition) is 3. The first-order chi connectivity index (χ1) is 9.83. The molecule has 3 N–H and O–H groups in total. The number of carbonyl (C=O) groups excluding carboxylic acids is 1. The van der Waals surface area contributed by atoms with Gasteiger partial charge in [-0.2, -0.15) is 0 Å². The molecule has 6 nitrogen and oxygen atoms in total. The SMILES string of the molecule is O=C(NCCc1c[nH]c2ccccc12)Nc1ccon1. The minimum atomic E-state index is -0.293. The number of aromatic amines is 1. The van der Waals surface area contributed by atoms with Crippen LogP contribution in [-0.2, 0) is 6.42 Å². The molecule has 0 bridgehead atoms. The first-order valence-corrected chi connectivity index (χ1v) is 6.33. The lowest BCUT2D eigenvalue weighted by molar-refractivity contribution is 0.252. The number of nitrogens with one attached hydrogen (secondary N) is 3. The second-order valence-corrected chi connectivity index (χ2v) is 4.38. The summed E-state index contributed by atoms with van der Waals surface area (Å²) in [5.41, 5.74) is 2.29. The second-order valence-electron chi connectivity index (χ2n) is 4.38. The van der Waals surface area contributed by atoms with E-state index < -0.39 is 0 Å². The van der Waals surface area contributed by atoms with Crippen LogP contribution in [0.4, 0.5) is 10.6 Å². The lowest BCUT2D eigenvalue weighted by Crippen LogP contribution is -2.30. The standard InChI is InChI=1S/C14H14N4O2/c19-14(17-13-6-8-20-18-13)15-7-5-10-9-16-12-4-2-1-3-11(10)12/h1-4,6,8-9,16H,5,7H2,(H2,15,17,18,19). The van der Waals surface area contributed by atoms with Gasteiger partial charge in [0.25, 0.3) is 0 Å². The molecule has 3 aromatic rings. The van der Waals surface area contributed by atoms with Crippen molar-refractivity contribution in [3.05, 3.63) is 48.4 Å². The zero-order chi connectivity index (χ0) is 13.8. The van der Waals surface area contributed by atoms with Crippen molar-refractivity contribution in [3.63, 3.8) is 0 Å². The van der Waals surface area contributed by atoms with E-state index in [-0.39, 0.29) is 6.03 Å². The molecule has 0 atom stereocenters. The number of fused-ring (bicyclic) bond motifs is 1. The molecule has 0 aliphatic carbocycles. The summed E-state index contributed by atoms with van der Waals surface area (Å²) in [6, 6.07) is 9.38. The van der Waals surface area contributed by atoms with E-state index in [0.717, 1.165) is 11.9 Å². The molecule has 2 aromatic heterocycles. The van der Waals surface area contributed by atoms with Crippen LogP contribution in [0.25, 0.3) is 10.9 Å². The fraction of sp³-hybridized carbons (Fsp3) is 0.143. The average Bonchev–Trinajstić information content (AvgIpc) is 3.09. The zero-order valence-corrected chi connectivity index (χ0v) is 10.7. The number of nitrogens with zero attached hydrogens (tertiary/aromatic N) is 1. The highest BCUT2D eigenvalue weighted by molar-refractivity contribution is 5.88. The van der Waals surface area contributed by atoms with Gasteiger partial charge in [-0.15, -0.1) is 0 Å². The van der Waals surface area contributed by atoms with Gasteiger partial charge in [-0.25, -0.2) is 4.79 Å². The van der Waals surface area contributed by atoms with Crippen LogP contribution in [0.15, 0.2) is 47.3 Å². The lowest BCUT2D eigenvalue weighted by atomic mass is 10.1. The monoisotopic (exact) mass is 270 g/mol. The Balaban J connectivity index is 1.53. The summed E-state index contributed by atoms with van der Waals surface area (Å²) < 4.78 is 4.63. The Morgan fingerprint density at radius 2 is 2.20 bits per heavy atom. The Labute approximate surface area is 115 Å². The lowest BCUT2D eigenvalue weighted by Gasteiger charge is -2.04. The zero-order valence-electron chi connectivity index (χ0n) is 10.7. The summed E-state index contributed by atoms with van der Waals surface area (Å²) in [5.74, 6) is 0.398. The average molecular weight is 270 g/mol. The minimum Gasteiger partial charge on any atom is -0.363 e. The predicted molar refractivity (Wildman–Crippen MR) is 75.5 cm³/mol. The van der Waals surface area contributed by atoms with Crippen LogP contribution in [0, 0.1) is 0 Å². The van der Waals surface area contributed by atoms with Crippen LogP contribution in [-0.4, -0.2) is 22.7 Å². The van der Waals surface area contributed by atoms with Crippen molar-refractivity contribution < 1.29 is 9.32 Å². The van der Waals surface area contributed by atoms with Crippen molar-refractivity contribution in [3.8, 4) is 0 Å². The number of urea groups is 1. The Morgan fingerprint density at radius 1 is 1.30 bits per heavy atom. The molecule has 2 amide bonds. The number of aromatic nitrogens is 2. The van der Waals surface area contributed by atoms with E-state index in [2.05, 4.69) is 31.4 Å². The third-order valence-corrected chi connectivity index (χ3v) is 3.03. The summed E-state index contributed by atoms with van der Waals surface area (Å²) in [6.07, 6.45) is 4.14. The van der Waals surface area contributed by atoms with E-state index in [9.17, 15) is 4.79 Å². The minimum absolute atomic E-state index is 0.293. The van der Waals surface area contributed by atoms with Crippen LogP contribution in [0.2, 0.25) is 0 Å². The highest BCUT2D eigenvalue weighted by Crippen LogP contribution is 2.17. The third-order valence-electron chi connectivity index (χ3n) is 3.03. The van der Waals surface area contributed by atoms with E-state index in [4.69, 9.17) is 0 Å². The molecule has 0 aliphatic rings. The molecule has 0 fully saturated rings. The Bertz CT molecular complexity index is 703. The van der Waals surface area contributed by atoms with Crippen LogP contribution < -0.4 is 10.6 Å². The van der Waals surface area contributed by atoms with Crippen molar-refractivity contribution in [2.45, 2.75) is 6.42 Å². The number of H-pyrrole nitrogens is 1. The quantitative estimate of drug-likeness (QED) is 0.681. The predicted octanol–water partition coefficient (Wildman–Crippen LogP) is 2.52. The second kappa shape index (κ2) is 5.48. The normalized spacial score (nSPS) is 10.6. The number of rotatable bonds is 4. The number of anilines is 1. The van der Waals surface area contributed by atoms with Gasteiger partial charge in [-0.05, 0) is 18.1 Å². The molecule has 0 radical (unpaired) electrons. The maximum atomic E-state index is 11.6. The van der Waals surface area contributed by atoms with E-state index in [0.29, 0.717) is 12.4 Å². The fourth-order valence-electron chi connectivity index (χ4n) is 2.09. The fourth-order valence-corrected chi connectivity index (χ4v) is 2.09. The first kappa shape index (κ1) is 12.3. The number of hydrogen-bond donors (Lipinski definition) is 3. The Hall–Kier alpha value is -2.76. The topological polar surface area (TPSA) is 83.0 Å². The van der Waals surface area contributed by atoms with E-state index in [1.165, 1.54) is 17.2 Å². The molecule has 0 saturated heterocycles. The van der Waals surface area contributed by atoms with Gasteiger partial charge in [0.15, 0.2) is 5.82 Å². The molecular weight excluding hydrogens is 256 g/mol. The van der Waals surface area contributed by atoms with Crippen molar-refractivity contribution in [1.29, 1.82) is 0 Å². The van der Waals surface area contributed by atoms with Crippen LogP contribution in [0.3, 0.4) is 0 Å². The maximum Gasteiger partial charge on any atom is 0.320 e. The van der Waals surface area contributed by atoms with Gasteiger partial charge in [0, 0.05) is 29.7 Å². The summed E-state index contributed by atoms with van der Waals surface area (Å²) in [7, 11) is 0. The molecular formula is C14H14N4O2. The van der Waals surface area contributed by atoms with E-state index in [1.807, 2.05) is 24.4 Å². The maximum absolute atomic E-state index is 11.6. The number of para-hydroxylation sites is 1. The number of benzene rings is 1. The molecule has 0 aliphatic heterocycles. The van der Waals surface area contributed by atoms with Gasteiger partial charge in [0.05, 0.1) is 0 Å². The van der Waals surface area contributed by atoms with Crippen LogP contribution in [0.1, 0.15) is 5.56 Å². The largest absolute Gasteiger partial charge is 0.363 e. The van der Waals surface area contributed by atoms with Gasteiger partial charge < -0.3 is 14.8 Å². The molecule has 0 saturated carbocycles. The third kappa shape index (κ3) is 2.64. The Kier molecular flexibility index (Phi) is 3.36. The summed E-state index contributed by atoms with van der Waals surface area (Å²) in [6.45, 7) is 0.547. The number of carbonyl (C=O) groups is 1. The smallest absolute Gasteiger partial charge is 0.320 e. The molecule has 20 heavy (non-hydrogen) atoms. The van der Waals surface area contributed by atoms with Gasteiger partial charge in [-0.1, -0.05) is 23.4 Å². The van der Waals surface area contributed by atoms with Gasteiger partial charge in [0.1, 0.15) is 6.26 Å². The van der Waals surface area contributed by atoms with Gasteiger partial charge in [-0.3, -0.25) is 5.32 Å². The highest BCUT2D eigenvalue weighted by atomic mass is 16.5. The first-order valence-electron chi connectivity index (χ1n) is 6.33. The molecule has 1 aromatic carbocycles. The van der Waals surface area contributed by atoms with Gasteiger partial charge >= 0.3 is 6.03 Å². The summed E-state index contributed by atoms with van der Waals surface area (Å²) >= 11 is 0. The highest BCUT2D eigenvalue weighted by Gasteiger charge is 2.05. The van der Waals surface area contributed by atoms with E-state index in [1.54, 1.807) is 6.07 Å². The van der Waals surface area contributed by atoms with Crippen LogP contribution in [0.5, 0.6) is 0 Å². The molecule has 6 heteroatoms. The molecule has 0 unspecified atom stereocenters. The molecule has 102 valence electrons. The van der Waals surface area contributed by atoms with Gasteiger partial charge in [0.2, 0.25) is 0 Å². The van der Waals surface area contributed by atoms with E-state index >= 15 is 0 Å². The molecule has 0 spiro atoms. The summed E-state index contributed by atoms with van der Waals surface area (Å²) in [5, 5.41) is 10.1. The molecule has 2 heterocycles. The van der Waals surface area contributed by atoms with Crippen molar-refractivity contribution >= 4 is 22.8 Å². The Morgan fingerprint density at radius 3 is 3.05 bits per heavy atom. The van der Waals surface area contributed by atoms with Crippen LogP contribution >= 0.6 is 0 Å². The van der Waals surface area contributed by atoms with Crippen molar-refractivity contribution in [2.24, 2.45) is 0 Å².